The summed E-state index contributed by atoms with van der Waals surface area (Å²) in [6.45, 7) is 4.22. The Balaban J connectivity index is 1.80. The maximum Gasteiger partial charge on any atom is 0.308 e. The normalized spacial score (nSPS) is 26.4. The molecule has 0 saturated heterocycles. The van der Waals surface area contributed by atoms with Crippen molar-refractivity contribution >= 4 is 29.1 Å². The van der Waals surface area contributed by atoms with Crippen LogP contribution in [0, 0.1) is 12.8 Å². The van der Waals surface area contributed by atoms with Gasteiger partial charge in [-0.25, -0.2) is 4.98 Å². The molecule has 6 heteroatoms. The van der Waals surface area contributed by atoms with Gasteiger partial charge >= 0.3 is 5.97 Å². The molecule has 0 bridgehead atoms. The zero-order valence-corrected chi connectivity index (χ0v) is 13.6. The smallest absolute Gasteiger partial charge is 0.308 e. The molecule has 2 rings (SSSR count). The number of hydrogen-bond acceptors (Lipinski definition) is 6. The molecule has 4 nitrogen and oxygen atoms in total. The van der Waals surface area contributed by atoms with Crippen molar-refractivity contribution < 1.29 is 14.6 Å². The lowest BCUT2D eigenvalue weighted by atomic mass is 9.80. The Labute approximate surface area is 127 Å². The Bertz CT molecular complexity index is 453. The fraction of sp³-hybridized carbons (Fsp3) is 0.714. The summed E-state index contributed by atoms with van der Waals surface area (Å²) in [5.41, 5.74) is 0.350. The van der Waals surface area contributed by atoms with Crippen LogP contribution in [0.3, 0.4) is 0 Å². The van der Waals surface area contributed by atoms with Crippen molar-refractivity contribution in [3.63, 3.8) is 0 Å². The van der Waals surface area contributed by atoms with E-state index in [9.17, 15) is 9.90 Å². The first-order chi connectivity index (χ1) is 9.52. The lowest BCUT2D eigenvalue weighted by molar-refractivity contribution is -0.150. The second kappa shape index (κ2) is 6.91. The van der Waals surface area contributed by atoms with Crippen molar-refractivity contribution in [2.75, 3.05) is 12.4 Å². The van der Waals surface area contributed by atoms with E-state index in [1.807, 2.05) is 19.2 Å². The molecule has 20 heavy (non-hydrogen) atoms. The van der Waals surface area contributed by atoms with Gasteiger partial charge in [0, 0.05) is 16.8 Å². The van der Waals surface area contributed by atoms with E-state index >= 15 is 0 Å². The first-order valence-electron chi connectivity index (χ1n) is 6.96. The summed E-state index contributed by atoms with van der Waals surface area (Å²) in [7, 11) is 0. The van der Waals surface area contributed by atoms with Crippen LogP contribution in [0.5, 0.6) is 0 Å². The van der Waals surface area contributed by atoms with E-state index in [4.69, 9.17) is 4.74 Å². The average Bonchev–Trinajstić information content (AvgIpc) is 2.84. The number of aryl methyl sites for hydroxylation is 1. The number of thiazole rings is 1. The Hall–Kier alpha value is -0.590. The lowest BCUT2D eigenvalue weighted by Crippen LogP contribution is -2.38. The molecule has 1 aromatic heterocycles. The lowest BCUT2D eigenvalue weighted by Gasteiger charge is -2.34. The van der Waals surface area contributed by atoms with Crippen LogP contribution in [0.1, 0.15) is 38.3 Å². The molecule has 1 aliphatic carbocycles. The van der Waals surface area contributed by atoms with Gasteiger partial charge in [0.2, 0.25) is 0 Å². The summed E-state index contributed by atoms with van der Waals surface area (Å²) in [4.78, 5) is 16.1. The summed E-state index contributed by atoms with van der Waals surface area (Å²) in [6.07, 6.45) is 2.75. The van der Waals surface area contributed by atoms with Gasteiger partial charge in [0.15, 0.2) is 0 Å². The van der Waals surface area contributed by atoms with E-state index in [0.717, 1.165) is 10.0 Å². The van der Waals surface area contributed by atoms with E-state index in [-0.39, 0.29) is 11.9 Å². The zero-order chi connectivity index (χ0) is 14.6. The van der Waals surface area contributed by atoms with E-state index in [0.29, 0.717) is 38.0 Å². The SMILES string of the molecule is CCOC(=O)C1CCC(O)(CSc2nc(C)cs2)CC1. The van der Waals surface area contributed by atoms with Crippen molar-refractivity contribution in [2.45, 2.75) is 49.5 Å². The van der Waals surface area contributed by atoms with Crippen LogP contribution in [-0.2, 0) is 9.53 Å². The zero-order valence-electron chi connectivity index (χ0n) is 11.9. The molecule has 1 saturated carbocycles. The van der Waals surface area contributed by atoms with Gasteiger partial charge in [0.25, 0.3) is 0 Å². The minimum atomic E-state index is -0.673. The molecular weight excluding hydrogens is 294 g/mol. The Morgan fingerprint density at radius 2 is 2.30 bits per heavy atom. The highest BCUT2D eigenvalue weighted by Gasteiger charge is 2.36. The molecule has 1 aromatic rings. The molecule has 0 aliphatic heterocycles. The van der Waals surface area contributed by atoms with Crippen molar-refractivity contribution in [2.24, 2.45) is 5.92 Å². The highest BCUT2D eigenvalue weighted by Crippen LogP contribution is 2.37. The van der Waals surface area contributed by atoms with Crippen LogP contribution in [0.4, 0.5) is 0 Å². The fourth-order valence-corrected chi connectivity index (χ4v) is 4.39. The minimum absolute atomic E-state index is 0.0395. The Morgan fingerprint density at radius 1 is 1.60 bits per heavy atom. The molecule has 0 atom stereocenters. The molecular formula is C14H21NO3S2. The van der Waals surface area contributed by atoms with Gasteiger partial charge in [-0.1, -0.05) is 11.8 Å². The monoisotopic (exact) mass is 315 g/mol. The molecule has 1 heterocycles. The van der Waals surface area contributed by atoms with Crippen molar-refractivity contribution in [1.82, 2.24) is 4.98 Å². The molecule has 1 aliphatic rings. The predicted octanol–water partition coefficient (Wildman–Crippen LogP) is 3.03. The average molecular weight is 315 g/mol. The predicted molar refractivity (Wildman–Crippen MR) is 81.1 cm³/mol. The molecule has 1 N–H and O–H groups in total. The number of carbonyl (C=O) groups is 1. The van der Waals surface area contributed by atoms with Crippen LogP contribution in [0.2, 0.25) is 0 Å². The maximum absolute atomic E-state index is 11.7. The van der Waals surface area contributed by atoms with Crippen LogP contribution in [0.25, 0.3) is 0 Å². The van der Waals surface area contributed by atoms with Crippen LogP contribution >= 0.6 is 23.1 Å². The van der Waals surface area contributed by atoms with Gasteiger partial charge in [-0.3, -0.25) is 4.79 Å². The number of ether oxygens (including phenoxy) is 1. The number of carbonyl (C=O) groups excluding carboxylic acids is 1. The molecule has 0 aromatic carbocycles. The van der Waals surface area contributed by atoms with E-state index < -0.39 is 5.60 Å². The van der Waals surface area contributed by atoms with E-state index in [2.05, 4.69) is 4.98 Å². The second-order valence-corrected chi connectivity index (χ2v) is 7.37. The van der Waals surface area contributed by atoms with Gasteiger partial charge in [-0.2, -0.15) is 0 Å². The summed E-state index contributed by atoms with van der Waals surface area (Å²) in [5.74, 6) is 0.496. The molecule has 0 unspecified atom stereocenters. The third kappa shape index (κ3) is 4.20. The molecule has 112 valence electrons. The number of esters is 1. The fourth-order valence-electron chi connectivity index (χ4n) is 2.39. The molecule has 0 radical (unpaired) electrons. The number of rotatable bonds is 5. The standard InChI is InChI=1S/C14H21NO3S2/c1-3-18-12(16)11-4-6-14(17,7-5-11)9-20-13-15-10(2)8-19-13/h8,11,17H,3-7,9H2,1-2H3. The van der Waals surface area contributed by atoms with Gasteiger partial charge in [0.05, 0.1) is 18.1 Å². The van der Waals surface area contributed by atoms with E-state index in [1.54, 1.807) is 23.1 Å². The largest absolute Gasteiger partial charge is 0.466 e. The first kappa shape index (κ1) is 15.8. The summed E-state index contributed by atoms with van der Waals surface area (Å²) >= 11 is 3.22. The highest BCUT2D eigenvalue weighted by molar-refractivity contribution is 8.01. The van der Waals surface area contributed by atoms with Crippen LogP contribution < -0.4 is 0 Å². The third-order valence-electron chi connectivity index (χ3n) is 3.60. The molecule has 1 fully saturated rings. The number of thioether (sulfide) groups is 1. The Morgan fingerprint density at radius 3 is 2.85 bits per heavy atom. The molecule has 0 spiro atoms. The van der Waals surface area contributed by atoms with E-state index in [1.165, 1.54) is 0 Å². The topological polar surface area (TPSA) is 59.4 Å². The Kier molecular flexibility index (Phi) is 5.46. The minimum Gasteiger partial charge on any atom is -0.466 e. The maximum atomic E-state index is 11.7. The molecule has 0 amide bonds. The third-order valence-corrected chi connectivity index (χ3v) is 6.01. The van der Waals surface area contributed by atoms with Crippen LogP contribution in [-0.4, -0.2) is 34.0 Å². The van der Waals surface area contributed by atoms with Crippen molar-refractivity contribution in [1.29, 1.82) is 0 Å². The highest BCUT2D eigenvalue weighted by atomic mass is 32.2. The van der Waals surface area contributed by atoms with Gasteiger partial charge < -0.3 is 9.84 Å². The van der Waals surface area contributed by atoms with Crippen molar-refractivity contribution in [3.8, 4) is 0 Å². The summed E-state index contributed by atoms with van der Waals surface area (Å²) in [5, 5.41) is 12.6. The van der Waals surface area contributed by atoms with Gasteiger partial charge in [-0.15, -0.1) is 11.3 Å². The van der Waals surface area contributed by atoms with Crippen LogP contribution in [0.15, 0.2) is 9.72 Å². The van der Waals surface area contributed by atoms with Gasteiger partial charge in [0.1, 0.15) is 4.34 Å². The number of aliphatic hydroxyl groups is 1. The number of aromatic nitrogens is 1. The summed E-state index contributed by atoms with van der Waals surface area (Å²) < 4.78 is 6.05. The van der Waals surface area contributed by atoms with Crippen molar-refractivity contribution in [3.05, 3.63) is 11.1 Å². The second-order valence-electron chi connectivity index (χ2n) is 5.29. The number of hydrogen-bond donors (Lipinski definition) is 1. The quantitative estimate of drug-likeness (QED) is 0.668. The first-order valence-corrected chi connectivity index (χ1v) is 8.83. The van der Waals surface area contributed by atoms with Gasteiger partial charge in [-0.05, 0) is 39.5 Å². The summed E-state index contributed by atoms with van der Waals surface area (Å²) in [6, 6.07) is 0. The number of nitrogens with zero attached hydrogens (tertiary/aromatic N) is 1.